The third kappa shape index (κ3) is 5.00. The van der Waals surface area contributed by atoms with Gasteiger partial charge in [0.05, 0.1) is 22.5 Å². The van der Waals surface area contributed by atoms with Crippen LogP contribution in [0.25, 0.3) is 22.2 Å². The molecule has 4 aromatic rings. The van der Waals surface area contributed by atoms with Crippen molar-refractivity contribution in [1.29, 1.82) is 0 Å². The number of carbonyl (C=O) groups is 1. The minimum atomic E-state index is -2.99. The highest BCUT2D eigenvalue weighted by Gasteiger charge is 2.17. The van der Waals surface area contributed by atoms with Crippen LogP contribution in [0.15, 0.2) is 78.9 Å². The molecule has 1 N–H and O–H groups in total. The van der Waals surface area contributed by atoms with Crippen molar-refractivity contribution in [2.45, 2.75) is 32.8 Å². The lowest BCUT2D eigenvalue weighted by molar-refractivity contribution is -0.0493. The first-order valence-corrected chi connectivity index (χ1v) is 10.8. The summed E-state index contributed by atoms with van der Waals surface area (Å²) in [7, 11) is 0. The molecule has 0 fully saturated rings. The molecule has 0 aliphatic carbocycles. The molecular formula is C27H24F2N2O2. The molecule has 6 heteroatoms. The highest BCUT2D eigenvalue weighted by Crippen LogP contribution is 2.30. The standard InChI is InChI=1S/C27H24F2N2O2/c1-3-17(2)18-12-14-19(15-13-18)24-16-21(20-8-4-5-9-22(20)30-24)26(32)31-23-10-6-7-11-25(23)33-27(28)29/h4-17,27H,3H2,1-2H3,(H,31,32)/t17-/m0/s1. The fourth-order valence-electron chi connectivity index (χ4n) is 3.69. The molecule has 0 spiro atoms. The number of rotatable bonds is 7. The van der Waals surface area contributed by atoms with Crippen LogP contribution in [0.2, 0.25) is 0 Å². The van der Waals surface area contributed by atoms with E-state index in [2.05, 4.69) is 36.0 Å². The maximum Gasteiger partial charge on any atom is 0.387 e. The molecule has 3 aromatic carbocycles. The molecule has 33 heavy (non-hydrogen) atoms. The lowest BCUT2D eigenvalue weighted by Crippen LogP contribution is -2.15. The molecule has 0 bridgehead atoms. The number of amides is 1. The van der Waals surface area contributed by atoms with Crippen molar-refractivity contribution in [2.24, 2.45) is 0 Å². The van der Waals surface area contributed by atoms with Gasteiger partial charge in [0.2, 0.25) is 0 Å². The molecule has 1 aromatic heterocycles. The third-order valence-electron chi connectivity index (χ3n) is 5.70. The number of fused-ring (bicyclic) bond motifs is 1. The van der Waals surface area contributed by atoms with Crippen molar-refractivity contribution in [2.75, 3.05) is 5.32 Å². The van der Waals surface area contributed by atoms with Gasteiger partial charge in [-0.05, 0) is 42.2 Å². The first-order chi connectivity index (χ1) is 16.0. The van der Waals surface area contributed by atoms with Gasteiger partial charge in [-0.1, -0.05) is 68.4 Å². The SMILES string of the molecule is CC[C@H](C)c1ccc(-c2cc(C(=O)Nc3ccccc3OC(F)F)c3ccccc3n2)cc1. The zero-order chi connectivity index (χ0) is 23.4. The summed E-state index contributed by atoms with van der Waals surface area (Å²) in [5.41, 5.74) is 4.03. The Morgan fingerprint density at radius 3 is 2.42 bits per heavy atom. The predicted octanol–water partition coefficient (Wildman–Crippen LogP) is 7.27. The van der Waals surface area contributed by atoms with E-state index in [9.17, 15) is 13.6 Å². The molecular weight excluding hydrogens is 422 g/mol. The van der Waals surface area contributed by atoms with Gasteiger partial charge in [-0.3, -0.25) is 4.79 Å². The number of nitrogens with zero attached hydrogens (tertiary/aromatic N) is 1. The summed E-state index contributed by atoms with van der Waals surface area (Å²) in [6, 6.07) is 23.4. The Balaban J connectivity index is 1.73. The van der Waals surface area contributed by atoms with E-state index in [4.69, 9.17) is 4.98 Å². The number of halogens is 2. The highest BCUT2D eigenvalue weighted by molar-refractivity contribution is 6.13. The lowest BCUT2D eigenvalue weighted by atomic mass is 9.96. The second-order valence-electron chi connectivity index (χ2n) is 7.83. The van der Waals surface area contributed by atoms with Crippen molar-refractivity contribution >= 4 is 22.5 Å². The Morgan fingerprint density at radius 2 is 1.70 bits per heavy atom. The predicted molar refractivity (Wildman–Crippen MR) is 127 cm³/mol. The van der Waals surface area contributed by atoms with Gasteiger partial charge in [0.1, 0.15) is 5.75 Å². The topological polar surface area (TPSA) is 51.2 Å². The lowest BCUT2D eigenvalue weighted by Gasteiger charge is -2.14. The molecule has 1 amide bonds. The summed E-state index contributed by atoms with van der Waals surface area (Å²) in [5, 5.41) is 3.38. The van der Waals surface area contributed by atoms with E-state index in [0.29, 0.717) is 28.1 Å². The van der Waals surface area contributed by atoms with Crippen molar-refractivity contribution in [1.82, 2.24) is 4.98 Å². The summed E-state index contributed by atoms with van der Waals surface area (Å²) in [6.45, 7) is 1.34. The quantitative estimate of drug-likeness (QED) is 0.325. The van der Waals surface area contributed by atoms with E-state index in [0.717, 1.165) is 12.0 Å². The van der Waals surface area contributed by atoms with Crippen LogP contribution < -0.4 is 10.1 Å². The van der Waals surface area contributed by atoms with Gasteiger partial charge in [0.15, 0.2) is 0 Å². The first-order valence-electron chi connectivity index (χ1n) is 10.8. The van der Waals surface area contributed by atoms with Crippen LogP contribution in [-0.2, 0) is 0 Å². The molecule has 4 rings (SSSR count). The summed E-state index contributed by atoms with van der Waals surface area (Å²) in [6.07, 6.45) is 1.05. The molecule has 0 unspecified atom stereocenters. The molecule has 0 saturated carbocycles. The molecule has 1 heterocycles. The number of carbonyl (C=O) groups excluding carboxylic acids is 1. The number of nitrogens with one attached hydrogen (secondary N) is 1. The van der Waals surface area contributed by atoms with Gasteiger partial charge in [0, 0.05) is 10.9 Å². The Bertz CT molecular complexity index is 1270. The van der Waals surface area contributed by atoms with Crippen molar-refractivity contribution in [3.63, 3.8) is 0 Å². The van der Waals surface area contributed by atoms with Crippen LogP contribution >= 0.6 is 0 Å². The van der Waals surface area contributed by atoms with Gasteiger partial charge < -0.3 is 10.1 Å². The van der Waals surface area contributed by atoms with E-state index in [1.807, 2.05) is 36.4 Å². The Hall–Kier alpha value is -3.80. The van der Waals surface area contributed by atoms with E-state index < -0.39 is 12.5 Å². The van der Waals surface area contributed by atoms with Crippen LogP contribution in [0.5, 0.6) is 5.75 Å². The summed E-state index contributed by atoms with van der Waals surface area (Å²) in [5.74, 6) is -0.0723. The Labute approximate surface area is 191 Å². The van der Waals surface area contributed by atoms with Crippen molar-refractivity contribution < 1.29 is 18.3 Å². The number of alkyl halides is 2. The van der Waals surface area contributed by atoms with Crippen molar-refractivity contribution in [3.8, 4) is 17.0 Å². The van der Waals surface area contributed by atoms with E-state index in [-0.39, 0.29) is 11.4 Å². The van der Waals surface area contributed by atoms with Crippen LogP contribution in [0.1, 0.15) is 42.1 Å². The molecule has 4 nitrogen and oxygen atoms in total. The number of ether oxygens (including phenoxy) is 1. The van der Waals surface area contributed by atoms with E-state index in [1.54, 1.807) is 18.2 Å². The minimum Gasteiger partial charge on any atom is -0.433 e. The Morgan fingerprint density at radius 1 is 1.00 bits per heavy atom. The molecule has 0 saturated heterocycles. The zero-order valence-corrected chi connectivity index (χ0v) is 18.4. The molecule has 0 aliphatic heterocycles. The minimum absolute atomic E-state index is 0.0972. The maximum atomic E-state index is 13.2. The maximum absolute atomic E-state index is 13.2. The van der Waals surface area contributed by atoms with Crippen LogP contribution in [-0.4, -0.2) is 17.5 Å². The van der Waals surface area contributed by atoms with Gasteiger partial charge >= 0.3 is 6.61 Å². The fraction of sp³-hybridized carbons (Fsp3) is 0.185. The number of para-hydroxylation sites is 3. The van der Waals surface area contributed by atoms with E-state index in [1.165, 1.54) is 17.7 Å². The van der Waals surface area contributed by atoms with Gasteiger partial charge in [0.25, 0.3) is 5.91 Å². The van der Waals surface area contributed by atoms with Crippen molar-refractivity contribution in [3.05, 3.63) is 90.0 Å². The average Bonchev–Trinajstić information content (AvgIpc) is 2.83. The van der Waals surface area contributed by atoms with Gasteiger partial charge in [-0.2, -0.15) is 8.78 Å². The van der Waals surface area contributed by atoms with Crippen LogP contribution in [0.3, 0.4) is 0 Å². The molecule has 168 valence electrons. The molecule has 0 aliphatic rings. The second kappa shape index (κ2) is 9.77. The average molecular weight is 446 g/mol. The summed E-state index contributed by atoms with van der Waals surface area (Å²) >= 11 is 0. The normalized spacial score (nSPS) is 12.0. The van der Waals surface area contributed by atoms with Gasteiger partial charge in [-0.25, -0.2) is 4.98 Å². The summed E-state index contributed by atoms with van der Waals surface area (Å²) < 4.78 is 30.1. The first kappa shape index (κ1) is 22.4. The number of anilines is 1. The van der Waals surface area contributed by atoms with Crippen LogP contribution in [0, 0.1) is 0 Å². The smallest absolute Gasteiger partial charge is 0.387 e. The number of pyridine rings is 1. The third-order valence-corrected chi connectivity index (χ3v) is 5.70. The van der Waals surface area contributed by atoms with Gasteiger partial charge in [-0.15, -0.1) is 0 Å². The molecule has 1 atom stereocenters. The number of hydrogen-bond acceptors (Lipinski definition) is 3. The fourth-order valence-corrected chi connectivity index (χ4v) is 3.69. The second-order valence-corrected chi connectivity index (χ2v) is 7.83. The number of benzene rings is 3. The molecule has 0 radical (unpaired) electrons. The van der Waals surface area contributed by atoms with E-state index >= 15 is 0 Å². The largest absolute Gasteiger partial charge is 0.433 e. The summed E-state index contributed by atoms with van der Waals surface area (Å²) in [4.78, 5) is 18.0. The Kier molecular flexibility index (Phi) is 6.63. The highest BCUT2D eigenvalue weighted by atomic mass is 19.3. The van der Waals surface area contributed by atoms with Crippen LogP contribution in [0.4, 0.5) is 14.5 Å². The number of aromatic nitrogens is 1. The monoisotopic (exact) mass is 446 g/mol. The number of hydrogen-bond donors (Lipinski definition) is 1. The zero-order valence-electron chi connectivity index (χ0n) is 18.4.